The van der Waals surface area contributed by atoms with Crippen LogP contribution in [-0.4, -0.2) is 9.55 Å². The fourth-order valence-electron chi connectivity index (χ4n) is 3.74. The molecule has 0 amide bonds. The lowest BCUT2D eigenvalue weighted by atomic mass is 9.94. The van der Waals surface area contributed by atoms with Crippen molar-refractivity contribution in [2.45, 2.75) is 51.6 Å². The SMILES string of the molecule is CC(C)C(N)c1cncn1C1CC2CCC1C2. The van der Waals surface area contributed by atoms with Gasteiger partial charge in [0.2, 0.25) is 0 Å². The standard InChI is InChI=1S/C14H23N3/c1-9(2)14(15)13-7-16-8-17(13)12-6-10-3-4-11(12)5-10/h7-12,14H,3-6,15H2,1-2H3. The maximum Gasteiger partial charge on any atom is 0.0951 e. The smallest absolute Gasteiger partial charge is 0.0951 e. The third kappa shape index (κ3) is 1.81. The van der Waals surface area contributed by atoms with Gasteiger partial charge >= 0.3 is 0 Å². The number of aromatic nitrogens is 2. The summed E-state index contributed by atoms with van der Waals surface area (Å²) in [4.78, 5) is 4.34. The van der Waals surface area contributed by atoms with Crippen LogP contribution in [0, 0.1) is 17.8 Å². The molecule has 3 heteroatoms. The minimum Gasteiger partial charge on any atom is -0.330 e. The van der Waals surface area contributed by atoms with Crippen LogP contribution in [0.1, 0.15) is 57.3 Å². The molecule has 1 aromatic heterocycles. The van der Waals surface area contributed by atoms with E-state index in [2.05, 4.69) is 23.4 Å². The summed E-state index contributed by atoms with van der Waals surface area (Å²) < 4.78 is 2.38. The molecule has 2 saturated carbocycles. The monoisotopic (exact) mass is 233 g/mol. The fourth-order valence-corrected chi connectivity index (χ4v) is 3.74. The van der Waals surface area contributed by atoms with Crippen molar-refractivity contribution in [2.75, 3.05) is 0 Å². The fraction of sp³-hybridized carbons (Fsp3) is 0.786. The van der Waals surface area contributed by atoms with Crippen molar-refractivity contribution in [1.29, 1.82) is 0 Å². The highest BCUT2D eigenvalue weighted by molar-refractivity contribution is 5.09. The molecule has 0 radical (unpaired) electrons. The Morgan fingerprint density at radius 1 is 1.35 bits per heavy atom. The molecule has 17 heavy (non-hydrogen) atoms. The van der Waals surface area contributed by atoms with E-state index in [9.17, 15) is 0 Å². The first-order valence-corrected chi connectivity index (χ1v) is 6.94. The molecule has 94 valence electrons. The van der Waals surface area contributed by atoms with Crippen LogP contribution in [0.15, 0.2) is 12.5 Å². The minimum absolute atomic E-state index is 0.122. The second-order valence-electron chi connectivity index (χ2n) is 6.24. The second-order valence-corrected chi connectivity index (χ2v) is 6.24. The predicted molar refractivity (Wildman–Crippen MR) is 68.5 cm³/mol. The molecule has 0 saturated heterocycles. The molecule has 1 aromatic rings. The van der Waals surface area contributed by atoms with Crippen LogP contribution < -0.4 is 5.73 Å². The molecule has 3 rings (SSSR count). The summed E-state index contributed by atoms with van der Waals surface area (Å²) in [5, 5.41) is 0. The van der Waals surface area contributed by atoms with Gasteiger partial charge in [0, 0.05) is 18.3 Å². The van der Waals surface area contributed by atoms with E-state index in [0.717, 1.165) is 11.8 Å². The van der Waals surface area contributed by atoms with Crippen molar-refractivity contribution in [1.82, 2.24) is 9.55 Å². The van der Waals surface area contributed by atoms with E-state index in [1.807, 2.05) is 12.5 Å². The number of hydrogen-bond donors (Lipinski definition) is 1. The van der Waals surface area contributed by atoms with Gasteiger partial charge in [-0.05, 0) is 37.0 Å². The molecular formula is C14H23N3. The molecule has 0 aromatic carbocycles. The van der Waals surface area contributed by atoms with Crippen LogP contribution in [0.4, 0.5) is 0 Å². The zero-order chi connectivity index (χ0) is 12.0. The number of nitrogens with zero attached hydrogens (tertiary/aromatic N) is 2. The van der Waals surface area contributed by atoms with Gasteiger partial charge < -0.3 is 10.3 Å². The lowest BCUT2D eigenvalue weighted by Gasteiger charge is -2.27. The molecule has 2 N–H and O–H groups in total. The van der Waals surface area contributed by atoms with Gasteiger partial charge in [0.15, 0.2) is 0 Å². The zero-order valence-corrected chi connectivity index (χ0v) is 10.8. The van der Waals surface area contributed by atoms with Gasteiger partial charge in [-0.15, -0.1) is 0 Å². The van der Waals surface area contributed by atoms with Gasteiger partial charge in [-0.1, -0.05) is 20.3 Å². The second kappa shape index (κ2) is 4.13. The van der Waals surface area contributed by atoms with Crippen molar-refractivity contribution in [3.63, 3.8) is 0 Å². The number of fused-ring (bicyclic) bond motifs is 2. The molecule has 2 bridgehead atoms. The first-order valence-electron chi connectivity index (χ1n) is 6.94. The highest BCUT2D eigenvalue weighted by Crippen LogP contribution is 2.51. The van der Waals surface area contributed by atoms with Gasteiger partial charge in [0.1, 0.15) is 0 Å². The predicted octanol–water partition coefficient (Wildman–Crippen LogP) is 2.90. The summed E-state index contributed by atoms with van der Waals surface area (Å²) in [5.74, 6) is 2.33. The van der Waals surface area contributed by atoms with Crippen molar-refractivity contribution in [2.24, 2.45) is 23.5 Å². The van der Waals surface area contributed by atoms with Crippen LogP contribution in [0.5, 0.6) is 0 Å². The number of nitrogens with two attached hydrogens (primary N) is 1. The Morgan fingerprint density at radius 3 is 2.76 bits per heavy atom. The Bertz CT molecular complexity index is 396. The lowest BCUT2D eigenvalue weighted by molar-refractivity contribution is 0.313. The Morgan fingerprint density at radius 2 is 2.18 bits per heavy atom. The van der Waals surface area contributed by atoms with E-state index in [1.165, 1.54) is 31.4 Å². The van der Waals surface area contributed by atoms with Gasteiger partial charge in [-0.3, -0.25) is 0 Å². The van der Waals surface area contributed by atoms with Crippen LogP contribution in [0.2, 0.25) is 0 Å². The highest BCUT2D eigenvalue weighted by Gasteiger charge is 2.41. The molecular weight excluding hydrogens is 210 g/mol. The summed E-state index contributed by atoms with van der Waals surface area (Å²) in [6, 6.07) is 0.799. The average Bonchev–Trinajstić information content (AvgIpc) is 3.02. The van der Waals surface area contributed by atoms with Crippen molar-refractivity contribution in [3.05, 3.63) is 18.2 Å². The number of imidazole rings is 1. The van der Waals surface area contributed by atoms with Gasteiger partial charge in [0.25, 0.3) is 0 Å². The average molecular weight is 233 g/mol. The first-order chi connectivity index (χ1) is 8.16. The Hall–Kier alpha value is -0.830. The van der Waals surface area contributed by atoms with E-state index in [1.54, 1.807) is 0 Å². The normalized spacial score (nSPS) is 33.5. The third-order valence-corrected chi connectivity index (χ3v) is 4.81. The summed E-state index contributed by atoms with van der Waals surface area (Å²) in [6.45, 7) is 4.37. The molecule has 2 aliphatic carbocycles. The van der Waals surface area contributed by atoms with Gasteiger partial charge in [-0.2, -0.15) is 0 Å². The van der Waals surface area contributed by atoms with E-state index < -0.39 is 0 Å². The molecule has 4 atom stereocenters. The first kappa shape index (κ1) is 11.3. The summed E-state index contributed by atoms with van der Waals surface area (Å²) in [5.41, 5.74) is 7.52. The van der Waals surface area contributed by atoms with E-state index >= 15 is 0 Å². The molecule has 1 heterocycles. The lowest BCUT2D eigenvalue weighted by Crippen LogP contribution is -2.24. The van der Waals surface area contributed by atoms with Crippen LogP contribution >= 0.6 is 0 Å². The summed E-state index contributed by atoms with van der Waals surface area (Å²) >= 11 is 0. The molecule has 4 unspecified atom stereocenters. The molecule has 0 spiro atoms. The Kier molecular flexibility index (Phi) is 2.74. The van der Waals surface area contributed by atoms with E-state index in [-0.39, 0.29) is 6.04 Å². The Labute approximate surface area is 103 Å². The minimum atomic E-state index is 0.122. The van der Waals surface area contributed by atoms with E-state index in [0.29, 0.717) is 12.0 Å². The van der Waals surface area contributed by atoms with Crippen LogP contribution in [0.3, 0.4) is 0 Å². The maximum atomic E-state index is 6.29. The van der Waals surface area contributed by atoms with Crippen molar-refractivity contribution in [3.8, 4) is 0 Å². The van der Waals surface area contributed by atoms with Crippen LogP contribution in [0.25, 0.3) is 0 Å². The maximum absolute atomic E-state index is 6.29. The molecule has 3 nitrogen and oxygen atoms in total. The Balaban J connectivity index is 1.86. The molecule has 2 aliphatic rings. The third-order valence-electron chi connectivity index (χ3n) is 4.81. The van der Waals surface area contributed by atoms with Crippen molar-refractivity contribution >= 4 is 0 Å². The van der Waals surface area contributed by atoms with Gasteiger partial charge in [0.05, 0.1) is 12.0 Å². The molecule has 0 aliphatic heterocycles. The largest absolute Gasteiger partial charge is 0.330 e. The van der Waals surface area contributed by atoms with Crippen molar-refractivity contribution < 1.29 is 0 Å². The zero-order valence-electron chi connectivity index (χ0n) is 10.8. The quantitative estimate of drug-likeness (QED) is 0.872. The summed E-state index contributed by atoms with van der Waals surface area (Å²) in [6.07, 6.45) is 9.60. The number of hydrogen-bond acceptors (Lipinski definition) is 2. The van der Waals surface area contributed by atoms with Gasteiger partial charge in [-0.25, -0.2) is 4.98 Å². The van der Waals surface area contributed by atoms with Crippen LogP contribution in [-0.2, 0) is 0 Å². The van der Waals surface area contributed by atoms with E-state index in [4.69, 9.17) is 5.73 Å². The topological polar surface area (TPSA) is 43.8 Å². The molecule has 2 fully saturated rings. The number of rotatable bonds is 3. The highest BCUT2D eigenvalue weighted by atomic mass is 15.1. The summed E-state index contributed by atoms with van der Waals surface area (Å²) in [7, 11) is 0.